The van der Waals surface area contributed by atoms with Crippen molar-refractivity contribution in [3.8, 4) is 0 Å². The van der Waals surface area contributed by atoms with Crippen molar-refractivity contribution in [1.29, 1.82) is 0 Å². The predicted octanol–water partition coefficient (Wildman–Crippen LogP) is 2.03. The number of amides is 1. The summed E-state index contributed by atoms with van der Waals surface area (Å²) in [6, 6.07) is 6.94. The first-order valence-corrected chi connectivity index (χ1v) is 10.9. The van der Waals surface area contributed by atoms with Gasteiger partial charge in [-0.1, -0.05) is 12.5 Å². The highest BCUT2D eigenvalue weighted by atomic mass is 32.2. The zero-order valence-electron chi connectivity index (χ0n) is 15.7. The van der Waals surface area contributed by atoms with Gasteiger partial charge in [0.15, 0.2) is 0 Å². The fourth-order valence-corrected chi connectivity index (χ4v) is 4.76. The molecule has 3 rings (SSSR count). The van der Waals surface area contributed by atoms with Crippen LogP contribution in [0.5, 0.6) is 0 Å². The number of hydrogen-bond donors (Lipinski definition) is 0. The van der Waals surface area contributed by atoms with Gasteiger partial charge in [-0.25, -0.2) is 8.42 Å². The Balaban J connectivity index is 1.67. The van der Waals surface area contributed by atoms with Gasteiger partial charge >= 0.3 is 0 Å². The van der Waals surface area contributed by atoms with E-state index < -0.39 is 10.0 Å². The Morgan fingerprint density at radius 2 is 1.96 bits per heavy atom. The van der Waals surface area contributed by atoms with E-state index in [1.165, 1.54) is 29.6 Å². The van der Waals surface area contributed by atoms with E-state index in [4.69, 9.17) is 0 Å². The van der Waals surface area contributed by atoms with Crippen LogP contribution in [0.1, 0.15) is 43.0 Å². The first kappa shape index (κ1) is 19.3. The van der Waals surface area contributed by atoms with E-state index in [1.807, 2.05) is 0 Å². The molecular weight excluding hydrogens is 350 g/mol. The largest absolute Gasteiger partial charge is 0.339 e. The fourth-order valence-electron chi connectivity index (χ4n) is 3.55. The standard InChI is InChI=1S/C19H29N3O3S/c1-16-7-3-4-10-21(16)14-13-20(2)26(24,25)18-9-5-8-17(15-18)19(23)22-11-6-12-22/h5,8-9,15-16H,3-4,6-7,10-14H2,1-2H3/t16-/m1/s1. The van der Waals surface area contributed by atoms with Gasteiger partial charge in [-0.3, -0.25) is 9.69 Å². The molecule has 0 radical (unpaired) electrons. The summed E-state index contributed by atoms with van der Waals surface area (Å²) in [5, 5.41) is 0. The van der Waals surface area contributed by atoms with E-state index in [-0.39, 0.29) is 10.8 Å². The van der Waals surface area contributed by atoms with Crippen molar-refractivity contribution in [1.82, 2.24) is 14.1 Å². The molecular formula is C19H29N3O3S. The van der Waals surface area contributed by atoms with Gasteiger partial charge < -0.3 is 4.90 Å². The number of likely N-dealkylation sites (tertiary alicyclic amines) is 2. The first-order chi connectivity index (χ1) is 12.4. The van der Waals surface area contributed by atoms with Crippen LogP contribution in [-0.4, -0.2) is 74.2 Å². The predicted molar refractivity (Wildman–Crippen MR) is 102 cm³/mol. The summed E-state index contributed by atoms with van der Waals surface area (Å²) in [6.45, 7) is 5.95. The van der Waals surface area contributed by atoms with Crippen LogP contribution in [0.2, 0.25) is 0 Å². The minimum Gasteiger partial charge on any atom is -0.339 e. The highest BCUT2D eigenvalue weighted by molar-refractivity contribution is 7.89. The Hall–Kier alpha value is -1.44. The number of hydrogen-bond acceptors (Lipinski definition) is 4. The zero-order chi connectivity index (χ0) is 18.7. The number of carbonyl (C=O) groups excluding carboxylic acids is 1. The van der Waals surface area contributed by atoms with Crippen molar-refractivity contribution in [2.75, 3.05) is 39.8 Å². The maximum atomic E-state index is 12.9. The van der Waals surface area contributed by atoms with E-state index in [9.17, 15) is 13.2 Å². The van der Waals surface area contributed by atoms with Gasteiger partial charge in [0, 0.05) is 44.8 Å². The normalized spacial score (nSPS) is 21.7. The van der Waals surface area contributed by atoms with Crippen LogP contribution in [-0.2, 0) is 10.0 Å². The Labute approximate surface area is 156 Å². The SMILES string of the molecule is C[C@@H]1CCCCN1CCN(C)S(=O)(=O)c1cccc(C(=O)N2CCC2)c1. The second-order valence-corrected chi connectivity index (χ2v) is 9.43. The summed E-state index contributed by atoms with van der Waals surface area (Å²) < 4.78 is 27.2. The average Bonchev–Trinajstić information content (AvgIpc) is 2.59. The van der Waals surface area contributed by atoms with E-state index >= 15 is 0 Å². The van der Waals surface area contributed by atoms with Crippen LogP contribution < -0.4 is 0 Å². The van der Waals surface area contributed by atoms with Gasteiger partial charge in [0.2, 0.25) is 10.0 Å². The summed E-state index contributed by atoms with van der Waals surface area (Å²) in [7, 11) is -1.97. The molecule has 2 aliphatic heterocycles. The summed E-state index contributed by atoms with van der Waals surface area (Å²) in [5.41, 5.74) is 0.448. The van der Waals surface area contributed by atoms with Crippen LogP contribution in [0, 0.1) is 0 Å². The lowest BCUT2D eigenvalue weighted by atomic mass is 10.0. The fraction of sp³-hybridized carbons (Fsp3) is 0.632. The molecule has 2 saturated heterocycles. The number of rotatable bonds is 6. The Morgan fingerprint density at radius 1 is 1.19 bits per heavy atom. The summed E-state index contributed by atoms with van der Waals surface area (Å²) in [6.07, 6.45) is 4.63. The Kier molecular flexibility index (Phi) is 5.99. The van der Waals surface area contributed by atoms with Gasteiger partial charge in [-0.05, 0) is 50.9 Å². The number of carbonyl (C=O) groups is 1. The van der Waals surface area contributed by atoms with E-state index in [0.717, 1.165) is 32.6 Å². The molecule has 1 aromatic rings. The molecule has 1 atom stereocenters. The molecule has 26 heavy (non-hydrogen) atoms. The molecule has 144 valence electrons. The molecule has 2 aliphatic rings. The third-order valence-corrected chi connectivity index (χ3v) is 7.43. The number of nitrogens with zero attached hydrogens (tertiary/aromatic N) is 3. The molecule has 1 aromatic carbocycles. The van der Waals surface area contributed by atoms with Crippen molar-refractivity contribution >= 4 is 15.9 Å². The van der Waals surface area contributed by atoms with Crippen molar-refractivity contribution < 1.29 is 13.2 Å². The average molecular weight is 380 g/mol. The second kappa shape index (κ2) is 8.06. The summed E-state index contributed by atoms with van der Waals surface area (Å²) in [5.74, 6) is -0.0851. The monoisotopic (exact) mass is 379 g/mol. The van der Waals surface area contributed by atoms with E-state index in [0.29, 0.717) is 18.2 Å². The molecule has 0 bridgehead atoms. The molecule has 0 unspecified atom stereocenters. The molecule has 0 spiro atoms. The maximum absolute atomic E-state index is 12.9. The second-order valence-electron chi connectivity index (χ2n) is 7.38. The molecule has 2 heterocycles. The minimum atomic E-state index is -3.59. The lowest BCUT2D eigenvalue weighted by Crippen LogP contribution is -2.43. The molecule has 2 fully saturated rings. The van der Waals surface area contributed by atoms with Crippen molar-refractivity contribution in [3.63, 3.8) is 0 Å². The zero-order valence-corrected chi connectivity index (χ0v) is 16.5. The highest BCUT2D eigenvalue weighted by Gasteiger charge is 2.26. The smallest absolute Gasteiger partial charge is 0.253 e. The lowest BCUT2D eigenvalue weighted by Gasteiger charge is -2.34. The van der Waals surface area contributed by atoms with Gasteiger partial charge in [-0.15, -0.1) is 0 Å². The number of piperidine rings is 1. The summed E-state index contributed by atoms with van der Waals surface area (Å²) in [4.78, 5) is 16.7. The van der Waals surface area contributed by atoms with Gasteiger partial charge in [0.1, 0.15) is 0 Å². The molecule has 1 amide bonds. The maximum Gasteiger partial charge on any atom is 0.253 e. The van der Waals surface area contributed by atoms with Gasteiger partial charge in [0.25, 0.3) is 5.91 Å². The number of sulfonamides is 1. The van der Waals surface area contributed by atoms with Crippen molar-refractivity contribution in [2.24, 2.45) is 0 Å². The molecule has 0 aliphatic carbocycles. The lowest BCUT2D eigenvalue weighted by molar-refractivity contribution is 0.0651. The third-order valence-electron chi connectivity index (χ3n) is 5.58. The van der Waals surface area contributed by atoms with Crippen LogP contribution in [0.3, 0.4) is 0 Å². The Bertz CT molecular complexity index is 746. The third kappa shape index (κ3) is 4.10. The quantitative estimate of drug-likeness (QED) is 0.759. The molecule has 7 heteroatoms. The van der Waals surface area contributed by atoms with E-state index in [1.54, 1.807) is 30.1 Å². The van der Waals surface area contributed by atoms with Crippen LogP contribution in [0.4, 0.5) is 0 Å². The molecule has 6 nitrogen and oxygen atoms in total. The number of likely N-dealkylation sites (N-methyl/N-ethyl adjacent to an activating group) is 1. The Morgan fingerprint density at radius 3 is 2.62 bits per heavy atom. The van der Waals surface area contributed by atoms with Crippen LogP contribution in [0.15, 0.2) is 29.2 Å². The molecule has 0 N–H and O–H groups in total. The molecule has 0 saturated carbocycles. The topological polar surface area (TPSA) is 60.9 Å². The van der Waals surface area contributed by atoms with Crippen molar-refractivity contribution in [2.45, 2.75) is 43.5 Å². The van der Waals surface area contributed by atoms with Crippen molar-refractivity contribution in [3.05, 3.63) is 29.8 Å². The highest BCUT2D eigenvalue weighted by Crippen LogP contribution is 2.20. The van der Waals surface area contributed by atoms with Gasteiger partial charge in [-0.2, -0.15) is 4.31 Å². The van der Waals surface area contributed by atoms with Crippen LogP contribution in [0.25, 0.3) is 0 Å². The van der Waals surface area contributed by atoms with E-state index in [2.05, 4.69) is 11.8 Å². The minimum absolute atomic E-state index is 0.0851. The summed E-state index contributed by atoms with van der Waals surface area (Å²) >= 11 is 0. The van der Waals surface area contributed by atoms with Gasteiger partial charge in [0.05, 0.1) is 4.90 Å². The first-order valence-electron chi connectivity index (χ1n) is 9.49. The van der Waals surface area contributed by atoms with Crippen LogP contribution >= 0.6 is 0 Å². The molecule has 0 aromatic heterocycles. The number of benzene rings is 1.